The van der Waals surface area contributed by atoms with E-state index in [1.165, 1.54) is 218 Å². The first kappa shape index (κ1) is 96.1. The Balaban J connectivity index is 5.27. The molecule has 19 heteroatoms. The summed E-state index contributed by atoms with van der Waals surface area (Å²) in [6.45, 7) is 12.0. The van der Waals surface area contributed by atoms with E-state index >= 15 is 0 Å². The lowest BCUT2D eigenvalue weighted by atomic mass is 9.99. The van der Waals surface area contributed by atoms with Crippen molar-refractivity contribution in [3.63, 3.8) is 0 Å². The number of phosphoric acid groups is 2. The second-order valence-corrected chi connectivity index (χ2v) is 32.6. The molecule has 3 unspecified atom stereocenters. The number of aliphatic hydroxyl groups is 1. The number of esters is 4. The smallest absolute Gasteiger partial charge is 0.462 e. The Morgan fingerprint density at radius 3 is 0.776 bits per heavy atom. The Labute approximate surface area is 600 Å². The summed E-state index contributed by atoms with van der Waals surface area (Å²) in [5.41, 5.74) is 0. The van der Waals surface area contributed by atoms with Gasteiger partial charge in [0, 0.05) is 25.7 Å². The standard InChI is InChI=1S/C79H154O17P2/c1-8-10-11-12-13-14-15-16-20-25-33-41-48-55-62-78(83)96-75(67-90-77(82)61-54-47-40-35-28-30-37-44-51-58-71(5)6)69-94-98(87,88)92-65-73(80)64-91-97(85,86)93-68-74(66-89-76(81)60-53-46-39-32-27-22-23-29-36-43-50-57-70(3)4)95-79(84)63-56-49-42-34-26-21-18-17-19-24-31-38-45-52-59-72(7)9-2/h70-75,80H,8-69H2,1-7H3,(H,85,86)(H,87,88)/t72?,73-,74-,75-/m1/s1. The monoisotopic (exact) mass is 1440 g/mol. The highest BCUT2D eigenvalue weighted by atomic mass is 31.2. The van der Waals surface area contributed by atoms with Crippen LogP contribution in [0.25, 0.3) is 0 Å². The molecule has 17 nitrogen and oxygen atoms in total. The van der Waals surface area contributed by atoms with Crippen LogP contribution in [0.1, 0.15) is 408 Å². The van der Waals surface area contributed by atoms with Gasteiger partial charge in [-0.15, -0.1) is 0 Å². The SMILES string of the molecule is CCCCCCCCCCCCCCCCC(=O)O[C@H](COC(=O)CCCCCCCCCCCC(C)C)COP(=O)(O)OC[C@H](O)COP(=O)(O)OC[C@@H](COC(=O)CCCCCCCCCCCCCC(C)C)OC(=O)CCCCCCCCCCCCCCCCC(C)CC. The molecule has 0 rings (SSSR count). The third-order valence-electron chi connectivity index (χ3n) is 18.7. The fraction of sp³-hybridized carbons (Fsp3) is 0.949. The molecule has 0 aromatic rings. The van der Waals surface area contributed by atoms with E-state index in [1.54, 1.807) is 0 Å². The van der Waals surface area contributed by atoms with Gasteiger partial charge in [0.25, 0.3) is 0 Å². The van der Waals surface area contributed by atoms with Gasteiger partial charge in [-0.25, -0.2) is 9.13 Å². The van der Waals surface area contributed by atoms with Crippen LogP contribution in [0.2, 0.25) is 0 Å². The maximum absolute atomic E-state index is 13.1. The third-order valence-corrected chi connectivity index (χ3v) is 20.6. The molecular formula is C79H154O17P2. The number of carbonyl (C=O) groups is 4. The average Bonchev–Trinajstić information content (AvgIpc) is 0.929. The summed E-state index contributed by atoms with van der Waals surface area (Å²) in [7, 11) is -9.92. The van der Waals surface area contributed by atoms with Crippen molar-refractivity contribution in [2.75, 3.05) is 39.6 Å². The van der Waals surface area contributed by atoms with Crippen LogP contribution in [0.5, 0.6) is 0 Å². The second-order valence-electron chi connectivity index (χ2n) is 29.6. The van der Waals surface area contributed by atoms with Crippen LogP contribution in [0.15, 0.2) is 0 Å². The van der Waals surface area contributed by atoms with Gasteiger partial charge in [0.15, 0.2) is 12.2 Å². The van der Waals surface area contributed by atoms with E-state index in [-0.39, 0.29) is 25.7 Å². The maximum atomic E-state index is 13.1. The fourth-order valence-corrected chi connectivity index (χ4v) is 13.7. The Hall–Kier alpha value is -1.94. The van der Waals surface area contributed by atoms with Crippen molar-refractivity contribution in [2.45, 2.75) is 426 Å². The van der Waals surface area contributed by atoms with Crippen molar-refractivity contribution in [1.82, 2.24) is 0 Å². The average molecular weight is 1440 g/mol. The molecule has 98 heavy (non-hydrogen) atoms. The van der Waals surface area contributed by atoms with Crippen LogP contribution >= 0.6 is 15.6 Å². The molecule has 0 aromatic carbocycles. The lowest BCUT2D eigenvalue weighted by molar-refractivity contribution is -0.161. The fourth-order valence-electron chi connectivity index (χ4n) is 12.1. The van der Waals surface area contributed by atoms with Gasteiger partial charge in [0.05, 0.1) is 26.4 Å². The lowest BCUT2D eigenvalue weighted by Gasteiger charge is -2.21. The van der Waals surface area contributed by atoms with Gasteiger partial charge in [-0.05, 0) is 43.4 Å². The number of ether oxygens (including phenoxy) is 4. The van der Waals surface area contributed by atoms with Crippen molar-refractivity contribution in [1.29, 1.82) is 0 Å². The number of aliphatic hydroxyl groups excluding tert-OH is 1. The predicted molar refractivity (Wildman–Crippen MR) is 400 cm³/mol. The Kier molecular flexibility index (Phi) is 68.1. The van der Waals surface area contributed by atoms with Gasteiger partial charge in [-0.2, -0.15) is 0 Å². The quantitative estimate of drug-likeness (QED) is 0.0222. The van der Waals surface area contributed by atoms with Crippen LogP contribution < -0.4 is 0 Å². The third kappa shape index (κ3) is 71.1. The molecule has 0 saturated heterocycles. The molecule has 3 N–H and O–H groups in total. The second kappa shape index (κ2) is 69.4. The van der Waals surface area contributed by atoms with E-state index < -0.39 is 97.5 Å². The topological polar surface area (TPSA) is 237 Å². The van der Waals surface area contributed by atoms with Crippen LogP contribution in [0.3, 0.4) is 0 Å². The molecule has 0 spiro atoms. The molecule has 0 radical (unpaired) electrons. The van der Waals surface area contributed by atoms with E-state index in [9.17, 15) is 43.2 Å². The number of phosphoric ester groups is 2. The van der Waals surface area contributed by atoms with Gasteiger partial charge < -0.3 is 33.8 Å². The number of rotatable bonds is 77. The minimum atomic E-state index is -4.96. The molecule has 0 bridgehead atoms. The van der Waals surface area contributed by atoms with Crippen LogP contribution in [-0.4, -0.2) is 96.7 Å². The summed E-state index contributed by atoms with van der Waals surface area (Å²) < 4.78 is 68.7. The maximum Gasteiger partial charge on any atom is 0.472 e. The summed E-state index contributed by atoms with van der Waals surface area (Å²) >= 11 is 0. The van der Waals surface area contributed by atoms with Gasteiger partial charge in [-0.1, -0.05) is 357 Å². The van der Waals surface area contributed by atoms with Crippen LogP contribution in [0, 0.1) is 17.8 Å². The van der Waals surface area contributed by atoms with Crippen LogP contribution in [0.4, 0.5) is 0 Å². The predicted octanol–water partition coefficient (Wildman–Crippen LogP) is 23.4. The lowest BCUT2D eigenvalue weighted by Crippen LogP contribution is -2.30. The van der Waals surface area contributed by atoms with Crippen molar-refractivity contribution >= 4 is 39.5 Å². The number of hydrogen-bond donors (Lipinski definition) is 3. The highest BCUT2D eigenvalue weighted by Gasteiger charge is 2.30. The van der Waals surface area contributed by atoms with E-state index in [2.05, 4.69) is 48.5 Å². The summed E-state index contributed by atoms with van der Waals surface area (Å²) in [5, 5.41) is 10.6. The highest BCUT2D eigenvalue weighted by molar-refractivity contribution is 7.47. The largest absolute Gasteiger partial charge is 0.472 e. The van der Waals surface area contributed by atoms with Crippen LogP contribution in [-0.2, 0) is 65.4 Å². The van der Waals surface area contributed by atoms with Gasteiger partial charge in [0.1, 0.15) is 19.3 Å². The minimum Gasteiger partial charge on any atom is -0.462 e. The van der Waals surface area contributed by atoms with Gasteiger partial charge in [0.2, 0.25) is 0 Å². The molecule has 0 amide bonds. The first-order chi connectivity index (χ1) is 47.3. The van der Waals surface area contributed by atoms with E-state index in [1.807, 2.05) is 0 Å². The van der Waals surface area contributed by atoms with E-state index in [4.69, 9.17) is 37.0 Å². The van der Waals surface area contributed by atoms with Crippen molar-refractivity contribution < 1.29 is 80.2 Å². The Bertz CT molecular complexity index is 1910. The first-order valence-electron chi connectivity index (χ1n) is 40.9. The molecule has 0 aliphatic heterocycles. The summed E-state index contributed by atoms with van der Waals surface area (Å²) in [4.78, 5) is 73.0. The number of hydrogen-bond acceptors (Lipinski definition) is 15. The highest BCUT2D eigenvalue weighted by Crippen LogP contribution is 2.45. The molecule has 0 aromatic heterocycles. The first-order valence-corrected chi connectivity index (χ1v) is 43.9. The molecule has 582 valence electrons. The van der Waals surface area contributed by atoms with Crippen molar-refractivity contribution in [2.24, 2.45) is 17.8 Å². The molecule has 0 aliphatic rings. The zero-order chi connectivity index (χ0) is 72.3. The molecule has 0 fully saturated rings. The molecule has 0 aliphatic carbocycles. The molecular weight excluding hydrogens is 1280 g/mol. The zero-order valence-electron chi connectivity index (χ0n) is 64.3. The summed E-state index contributed by atoms with van der Waals surface area (Å²) in [6, 6.07) is 0. The van der Waals surface area contributed by atoms with E-state index in [0.717, 1.165) is 108 Å². The molecule has 6 atom stereocenters. The Morgan fingerprint density at radius 2 is 0.520 bits per heavy atom. The van der Waals surface area contributed by atoms with E-state index in [0.29, 0.717) is 25.7 Å². The van der Waals surface area contributed by atoms with Crippen molar-refractivity contribution in [3.05, 3.63) is 0 Å². The summed E-state index contributed by atoms with van der Waals surface area (Å²) in [6.07, 6.45) is 56.7. The molecule has 0 saturated carbocycles. The minimum absolute atomic E-state index is 0.107. The number of unbranched alkanes of at least 4 members (excludes halogenated alkanes) is 44. The van der Waals surface area contributed by atoms with Gasteiger partial charge in [-0.3, -0.25) is 37.3 Å². The Morgan fingerprint density at radius 1 is 0.296 bits per heavy atom. The van der Waals surface area contributed by atoms with Gasteiger partial charge >= 0.3 is 39.5 Å². The van der Waals surface area contributed by atoms with Crippen molar-refractivity contribution in [3.8, 4) is 0 Å². The summed E-state index contributed by atoms with van der Waals surface area (Å²) in [5.74, 6) is 0.249. The molecule has 0 heterocycles. The number of carbonyl (C=O) groups excluding carboxylic acids is 4. The zero-order valence-corrected chi connectivity index (χ0v) is 66.0. The normalized spacial score (nSPS) is 14.3.